The van der Waals surface area contributed by atoms with Gasteiger partial charge in [-0.05, 0) is 59.6 Å². The van der Waals surface area contributed by atoms with E-state index in [1.165, 1.54) is 18.2 Å². The van der Waals surface area contributed by atoms with Gasteiger partial charge in [-0.1, -0.05) is 52.0 Å². The highest BCUT2D eigenvalue weighted by Gasteiger charge is 2.10. The minimum Gasteiger partial charge on any atom is -0.493 e. The lowest BCUT2D eigenvalue weighted by molar-refractivity contribution is -0.140. The molecule has 2 aromatic rings. The molecule has 0 aliphatic heterocycles. The minimum atomic E-state index is -0.206. The molecule has 0 heterocycles. The standard InChI is InChI=1S/C25H34O4/c1-18(2)16-28-23-10-6-20(7-11-23)14-21-8-12-24(29-17-19(3)4)22(15-21)9-13-25(26)27-5/h6-8,10-12,15,18-19H,9,13-14,16-17H2,1-5H3. The Bertz CT molecular complexity index is 763. The molecule has 0 unspecified atom stereocenters. The van der Waals surface area contributed by atoms with E-state index < -0.39 is 0 Å². The number of ether oxygens (including phenoxy) is 3. The zero-order valence-corrected chi connectivity index (χ0v) is 18.4. The van der Waals surface area contributed by atoms with E-state index in [2.05, 4.69) is 52.0 Å². The van der Waals surface area contributed by atoms with Gasteiger partial charge in [-0.3, -0.25) is 4.79 Å². The Morgan fingerprint density at radius 3 is 2.10 bits per heavy atom. The van der Waals surface area contributed by atoms with Gasteiger partial charge in [0.05, 0.1) is 20.3 Å². The van der Waals surface area contributed by atoms with Crippen LogP contribution in [0.1, 0.15) is 50.8 Å². The van der Waals surface area contributed by atoms with E-state index >= 15 is 0 Å². The summed E-state index contributed by atoms with van der Waals surface area (Å²) in [5.41, 5.74) is 3.46. The molecule has 2 rings (SSSR count). The van der Waals surface area contributed by atoms with Crippen LogP contribution in [0.2, 0.25) is 0 Å². The molecule has 0 aliphatic carbocycles. The summed E-state index contributed by atoms with van der Waals surface area (Å²) in [4.78, 5) is 11.6. The Hall–Kier alpha value is -2.49. The van der Waals surface area contributed by atoms with Crippen molar-refractivity contribution in [3.8, 4) is 11.5 Å². The van der Waals surface area contributed by atoms with Crippen molar-refractivity contribution in [2.75, 3.05) is 20.3 Å². The van der Waals surface area contributed by atoms with Crippen molar-refractivity contribution in [1.82, 2.24) is 0 Å². The Balaban J connectivity index is 2.09. The van der Waals surface area contributed by atoms with Gasteiger partial charge in [0.15, 0.2) is 0 Å². The van der Waals surface area contributed by atoms with Crippen LogP contribution in [0.3, 0.4) is 0 Å². The van der Waals surface area contributed by atoms with Crippen LogP contribution < -0.4 is 9.47 Å². The summed E-state index contributed by atoms with van der Waals surface area (Å²) in [6.07, 6.45) is 1.77. The summed E-state index contributed by atoms with van der Waals surface area (Å²) in [6.45, 7) is 9.90. The second-order valence-corrected chi connectivity index (χ2v) is 8.25. The highest BCUT2D eigenvalue weighted by molar-refractivity contribution is 5.69. The molecule has 4 heteroatoms. The molecule has 0 amide bonds. The van der Waals surface area contributed by atoms with Crippen LogP contribution in [0.5, 0.6) is 11.5 Å². The average molecular weight is 399 g/mol. The van der Waals surface area contributed by atoms with Gasteiger partial charge in [-0.2, -0.15) is 0 Å². The lowest BCUT2D eigenvalue weighted by Gasteiger charge is -2.15. The molecule has 0 bridgehead atoms. The lowest BCUT2D eigenvalue weighted by atomic mass is 10.00. The molecule has 4 nitrogen and oxygen atoms in total. The number of aryl methyl sites for hydroxylation is 1. The summed E-state index contributed by atoms with van der Waals surface area (Å²) in [6, 6.07) is 14.5. The fourth-order valence-corrected chi connectivity index (χ4v) is 2.88. The van der Waals surface area contributed by atoms with Crippen molar-refractivity contribution in [1.29, 1.82) is 0 Å². The zero-order chi connectivity index (χ0) is 21.2. The van der Waals surface area contributed by atoms with Crippen molar-refractivity contribution in [2.24, 2.45) is 11.8 Å². The topological polar surface area (TPSA) is 44.8 Å². The summed E-state index contributed by atoms with van der Waals surface area (Å²) in [7, 11) is 1.42. The highest BCUT2D eigenvalue weighted by Crippen LogP contribution is 2.25. The van der Waals surface area contributed by atoms with Gasteiger partial charge in [0.2, 0.25) is 0 Å². The van der Waals surface area contributed by atoms with Crippen molar-refractivity contribution in [3.63, 3.8) is 0 Å². The first kappa shape index (κ1) is 22.8. The molecule has 0 atom stereocenters. The minimum absolute atomic E-state index is 0.206. The number of carbonyl (C=O) groups excluding carboxylic acids is 1. The van der Waals surface area contributed by atoms with Crippen molar-refractivity contribution >= 4 is 5.97 Å². The first-order valence-electron chi connectivity index (χ1n) is 10.4. The van der Waals surface area contributed by atoms with Gasteiger partial charge in [0, 0.05) is 6.42 Å². The predicted octanol–water partition coefficient (Wildman–Crippen LogP) is 5.45. The van der Waals surface area contributed by atoms with Crippen LogP contribution in [0.25, 0.3) is 0 Å². The smallest absolute Gasteiger partial charge is 0.305 e. The first-order chi connectivity index (χ1) is 13.9. The SMILES string of the molecule is COC(=O)CCc1cc(Cc2ccc(OCC(C)C)cc2)ccc1OCC(C)C. The Morgan fingerprint density at radius 2 is 1.48 bits per heavy atom. The van der Waals surface area contributed by atoms with Crippen molar-refractivity contribution in [3.05, 3.63) is 59.2 Å². The zero-order valence-electron chi connectivity index (χ0n) is 18.4. The van der Waals surface area contributed by atoms with Crippen LogP contribution in [-0.2, 0) is 22.4 Å². The molecule has 0 radical (unpaired) electrons. The number of hydrogen-bond acceptors (Lipinski definition) is 4. The molecule has 0 saturated heterocycles. The fraction of sp³-hybridized carbons (Fsp3) is 0.480. The largest absolute Gasteiger partial charge is 0.493 e. The van der Waals surface area contributed by atoms with Gasteiger partial charge in [0.1, 0.15) is 11.5 Å². The normalized spacial score (nSPS) is 11.0. The van der Waals surface area contributed by atoms with Crippen LogP contribution >= 0.6 is 0 Å². The van der Waals surface area contributed by atoms with E-state index in [1.807, 2.05) is 18.2 Å². The van der Waals surface area contributed by atoms with E-state index in [9.17, 15) is 4.79 Å². The molecule has 0 aliphatic rings. The van der Waals surface area contributed by atoms with Crippen LogP contribution in [0.4, 0.5) is 0 Å². The van der Waals surface area contributed by atoms with E-state index in [0.29, 0.717) is 31.3 Å². The Morgan fingerprint density at radius 1 is 0.862 bits per heavy atom. The monoisotopic (exact) mass is 398 g/mol. The van der Waals surface area contributed by atoms with E-state index in [-0.39, 0.29) is 5.97 Å². The quantitative estimate of drug-likeness (QED) is 0.472. The lowest BCUT2D eigenvalue weighted by Crippen LogP contribution is -2.08. The molecule has 0 spiro atoms. The maximum absolute atomic E-state index is 11.6. The van der Waals surface area contributed by atoms with Crippen molar-refractivity contribution < 1.29 is 19.0 Å². The Labute approximate surface area is 175 Å². The maximum Gasteiger partial charge on any atom is 0.305 e. The number of methoxy groups -OCH3 is 1. The predicted molar refractivity (Wildman–Crippen MR) is 117 cm³/mol. The van der Waals surface area contributed by atoms with E-state index in [0.717, 1.165) is 30.1 Å². The maximum atomic E-state index is 11.6. The molecule has 0 saturated carbocycles. The number of hydrogen-bond donors (Lipinski definition) is 0. The highest BCUT2D eigenvalue weighted by atomic mass is 16.5. The molecule has 2 aromatic carbocycles. The summed E-state index contributed by atoms with van der Waals surface area (Å²) in [5, 5.41) is 0. The molecule has 29 heavy (non-hydrogen) atoms. The number of rotatable bonds is 11. The Kier molecular flexibility index (Phi) is 9.04. The number of carbonyl (C=O) groups is 1. The number of benzene rings is 2. The second kappa shape index (κ2) is 11.5. The molecular formula is C25H34O4. The molecular weight excluding hydrogens is 364 g/mol. The van der Waals surface area contributed by atoms with E-state index in [1.54, 1.807) is 0 Å². The fourth-order valence-electron chi connectivity index (χ4n) is 2.88. The summed E-state index contributed by atoms with van der Waals surface area (Å²) < 4.78 is 16.5. The molecule has 0 N–H and O–H groups in total. The van der Waals surface area contributed by atoms with Crippen molar-refractivity contribution in [2.45, 2.75) is 47.0 Å². The third-order valence-electron chi connectivity index (χ3n) is 4.44. The van der Waals surface area contributed by atoms with Gasteiger partial charge >= 0.3 is 5.97 Å². The van der Waals surface area contributed by atoms with Crippen LogP contribution in [0.15, 0.2) is 42.5 Å². The molecule has 0 aromatic heterocycles. The van der Waals surface area contributed by atoms with Gasteiger partial charge in [-0.15, -0.1) is 0 Å². The van der Waals surface area contributed by atoms with Gasteiger partial charge in [0.25, 0.3) is 0 Å². The van der Waals surface area contributed by atoms with E-state index in [4.69, 9.17) is 14.2 Å². The first-order valence-corrected chi connectivity index (χ1v) is 10.4. The van der Waals surface area contributed by atoms with Crippen LogP contribution in [-0.4, -0.2) is 26.3 Å². The third-order valence-corrected chi connectivity index (χ3v) is 4.44. The average Bonchev–Trinajstić information content (AvgIpc) is 2.70. The molecule has 0 fully saturated rings. The number of esters is 1. The van der Waals surface area contributed by atoms with Gasteiger partial charge in [-0.25, -0.2) is 0 Å². The van der Waals surface area contributed by atoms with Crippen LogP contribution in [0, 0.1) is 11.8 Å². The summed E-state index contributed by atoms with van der Waals surface area (Å²) in [5.74, 6) is 2.50. The third kappa shape index (κ3) is 8.18. The van der Waals surface area contributed by atoms with Gasteiger partial charge < -0.3 is 14.2 Å². The summed E-state index contributed by atoms with van der Waals surface area (Å²) >= 11 is 0. The second-order valence-electron chi connectivity index (χ2n) is 8.25. The molecule has 158 valence electrons.